The Morgan fingerprint density at radius 1 is 0.949 bits per heavy atom. The number of ether oxygens (including phenoxy) is 3. The fraction of sp³-hybridized carbons (Fsp3) is 0.310. The van der Waals surface area contributed by atoms with E-state index in [4.69, 9.17) is 14.2 Å². The van der Waals surface area contributed by atoms with Crippen LogP contribution in [0.15, 0.2) is 66.7 Å². The number of nitrogens with zero attached hydrogens (tertiary/aromatic N) is 2. The van der Waals surface area contributed by atoms with Crippen LogP contribution in [-0.2, 0) is 14.3 Å². The molecular formula is C29H27F3N2O5. The maximum atomic E-state index is 13.9. The van der Waals surface area contributed by atoms with E-state index in [1.165, 1.54) is 19.2 Å². The Morgan fingerprint density at radius 3 is 2.41 bits per heavy atom. The largest absolute Gasteiger partial charge is 0.493 e. The lowest BCUT2D eigenvalue weighted by molar-refractivity contribution is -0.171. The van der Waals surface area contributed by atoms with Crippen LogP contribution in [0.1, 0.15) is 36.4 Å². The Bertz CT molecular complexity index is 1380. The molecule has 3 aromatic rings. The van der Waals surface area contributed by atoms with Crippen LogP contribution < -0.4 is 19.3 Å². The minimum Gasteiger partial charge on any atom is -0.493 e. The molecule has 0 saturated heterocycles. The van der Waals surface area contributed by atoms with Crippen molar-refractivity contribution in [1.82, 2.24) is 0 Å². The molecule has 0 N–H and O–H groups in total. The van der Waals surface area contributed by atoms with Crippen molar-refractivity contribution in [3.8, 4) is 11.5 Å². The number of hydrogen-bond donors (Lipinski definition) is 0. The lowest BCUT2D eigenvalue weighted by Gasteiger charge is -2.30. The van der Waals surface area contributed by atoms with Crippen LogP contribution in [0.5, 0.6) is 11.5 Å². The number of anilines is 3. The van der Waals surface area contributed by atoms with Gasteiger partial charge in [0.15, 0.2) is 0 Å². The Labute approximate surface area is 223 Å². The second kappa shape index (κ2) is 10.5. The minimum absolute atomic E-state index is 0.0250. The average molecular weight is 541 g/mol. The van der Waals surface area contributed by atoms with Gasteiger partial charge in [-0.05, 0) is 31.2 Å². The summed E-state index contributed by atoms with van der Waals surface area (Å²) in [5.74, 6) is -1.95. The van der Waals surface area contributed by atoms with Gasteiger partial charge in [0.1, 0.15) is 18.1 Å². The molecule has 2 atom stereocenters. The molecule has 39 heavy (non-hydrogen) atoms. The fourth-order valence-electron chi connectivity index (χ4n) is 5.18. The van der Waals surface area contributed by atoms with E-state index in [-0.39, 0.29) is 31.2 Å². The lowest BCUT2D eigenvalue weighted by Crippen LogP contribution is -2.44. The van der Waals surface area contributed by atoms with Crippen molar-refractivity contribution >= 4 is 28.9 Å². The molecule has 0 aromatic heterocycles. The normalized spacial score (nSPS) is 17.5. The summed E-state index contributed by atoms with van der Waals surface area (Å²) in [6, 6.07) is 18.3. The van der Waals surface area contributed by atoms with Gasteiger partial charge in [-0.1, -0.05) is 36.4 Å². The highest BCUT2D eigenvalue weighted by atomic mass is 19.4. The van der Waals surface area contributed by atoms with Gasteiger partial charge in [0.05, 0.1) is 31.9 Å². The molecular weight excluding hydrogens is 513 g/mol. The number of alkyl halides is 3. The van der Waals surface area contributed by atoms with E-state index in [0.29, 0.717) is 34.9 Å². The summed E-state index contributed by atoms with van der Waals surface area (Å²) >= 11 is 0. The first kappa shape index (κ1) is 26.4. The molecule has 0 bridgehead atoms. The van der Waals surface area contributed by atoms with Gasteiger partial charge in [0, 0.05) is 41.0 Å². The highest BCUT2D eigenvalue weighted by molar-refractivity contribution is 5.98. The number of carbonyl (C=O) groups excluding carboxylic acids is 2. The lowest BCUT2D eigenvalue weighted by atomic mass is 9.97. The molecule has 2 aliphatic rings. The molecule has 0 spiro atoms. The third-order valence-corrected chi connectivity index (χ3v) is 7.01. The zero-order valence-electron chi connectivity index (χ0n) is 21.4. The summed E-state index contributed by atoms with van der Waals surface area (Å²) in [5.41, 5.74) is 2.78. The first-order chi connectivity index (χ1) is 18.7. The van der Waals surface area contributed by atoms with Crippen LogP contribution in [0.3, 0.4) is 0 Å². The van der Waals surface area contributed by atoms with Crippen molar-refractivity contribution in [2.45, 2.75) is 31.5 Å². The number of carbonyl (C=O) groups is 2. The molecule has 1 amide bonds. The van der Waals surface area contributed by atoms with Crippen molar-refractivity contribution < 1.29 is 37.0 Å². The molecule has 7 nitrogen and oxygen atoms in total. The zero-order valence-corrected chi connectivity index (χ0v) is 21.4. The van der Waals surface area contributed by atoms with E-state index in [1.54, 1.807) is 18.2 Å². The fourth-order valence-corrected chi connectivity index (χ4v) is 5.18. The van der Waals surface area contributed by atoms with E-state index in [2.05, 4.69) is 0 Å². The van der Waals surface area contributed by atoms with Crippen molar-refractivity contribution in [3.05, 3.63) is 77.9 Å². The highest BCUT2D eigenvalue weighted by Gasteiger charge is 2.48. The first-order valence-electron chi connectivity index (χ1n) is 12.5. The summed E-state index contributed by atoms with van der Waals surface area (Å²) < 4.78 is 58.1. The summed E-state index contributed by atoms with van der Waals surface area (Å²) in [5, 5.41) is 0. The number of fused-ring (bicyclic) bond motifs is 2. The molecule has 0 aliphatic carbocycles. The smallest absolute Gasteiger partial charge is 0.471 e. The predicted molar refractivity (Wildman–Crippen MR) is 139 cm³/mol. The van der Waals surface area contributed by atoms with Gasteiger partial charge < -0.3 is 19.1 Å². The predicted octanol–water partition coefficient (Wildman–Crippen LogP) is 5.91. The van der Waals surface area contributed by atoms with Gasteiger partial charge in [-0.2, -0.15) is 13.2 Å². The number of methoxy groups -OCH3 is 1. The number of para-hydroxylation sites is 2. The van der Waals surface area contributed by atoms with Crippen molar-refractivity contribution in [3.63, 3.8) is 0 Å². The summed E-state index contributed by atoms with van der Waals surface area (Å²) in [6.07, 6.45) is -5.04. The topological polar surface area (TPSA) is 68.3 Å². The molecule has 2 aliphatic heterocycles. The second-order valence-electron chi connectivity index (χ2n) is 9.29. The number of rotatable bonds is 7. The first-order valence-corrected chi connectivity index (χ1v) is 12.5. The van der Waals surface area contributed by atoms with Crippen LogP contribution in [0.25, 0.3) is 0 Å². The van der Waals surface area contributed by atoms with Crippen molar-refractivity contribution in [2.24, 2.45) is 0 Å². The average Bonchev–Trinajstić information content (AvgIpc) is 3.54. The third-order valence-electron chi connectivity index (χ3n) is 7.01. The summed E-state index contributed by atoms with van der Waals surface area (Å²) in [6.45, 7) is 2.60. The molecule has 2 heterocycles. The Hall–Kier alpha value is -4.21. The van der Waals surface area contributed by atoms with Crippen LogP contribution in [-0.4, -0.2) is 44.9 Å². The third kappa shape index (κ3) is 4.98. The molecule has 204 valence electrons. The number of amides is 1. The van der Waals surface area contributed by atoms with Crippen molar-refractivity contribution in [1.29, 1.82) is 0 Å². The molecule has 0 saturated carbocycles. The standard InChI is InChI=1S/C29H27F3N2O5/c1-3-33(19-8-5-4-6-9-19)23-11-7-10-22-24(17-39-27(22)23)34(28(36)29(30,31)32)20-12-13-21-18(14-26(35)37-2)16-38-25(21)15-20/h4-13,15,18,24H,3,14,16-17H2,1-2H3/t18-,24-/m1/s1. The summed E-state index contributed by atoms with van der Waals surface area (Å²) in [7, 11) is 1.29. The molecule has 0 unspecified atom stereocenters. The van der Waals surface area contributed by atoms with E-state index < -0.39 is 24.1 Å². The van der Waals surface area contributed by atoms with E-state index in [0.717, 1.165) is 10.6 Å². The van der Waals surface area contributed by atoms with Gasteiger partial charge in [-0.3, -0.25) is 14.5 Å². The monoisotopic (exact) mass is 540 g/mol. The van der Waals surface area contributed by atoms with Crippen LogP contribution in [0, 0.1) is 0 Å². The van der Waals surface area contributed by atoms with Gasteiger partial charge in [0.2, 0.25) is 0 Å². The van der Waals surface area contributed by atoms with Gasteiger partial charge in [-0.15, -0.1) is 0 Å². The SMILES string of the molecule is CCN(c1ccccc1)c1cccc2c1OC[C@H]2N(C(=O)C(F)(F)F)c1ccc2c(c1)OC[C@H]2CC(=O)OC. The maximum absolute atomic E-state index is 13.9. The maximum Gasteiger partial charge on any atom is 0.471 e. The number of hydrogen-bond acceptors (Lipinski definition) is 6. The Morgan fingerprint density at radius 2 is 1.72 bits per heavy atom. The molecule has 0 fully saturated rings. The molecule has 0 radical (unpaired) electrons. The summed E-state index contributed by atoms with van der Waals surface area (Å²) in [4.78, 5) is 27.3. The van der Waals surface area contributed by atoms with Crippen LogP contribution >= 0.6 is 0 Å². The molecule has 5 rings (SSSR count). The van der Waals surface area contributed by atoms with E-state index in [1.807, 2.05) is 48.2 Å². The van der Waals surface area contributed by atoms with Gasteiger partial charge in [0.25, 0.3) is 0 Å². The second-order valence-corrected chi connectivity index (χ2v) is 9.29. The molecule has 10 heteroatoms. The van der Waals surface area contributed by atoms with E-state index in [9.17, 15) is 22.8 Å². The number of esters is 1. The van der Waals surface area contributed by atoms with Gasteiger partial charge >= 0.3 is 18.1 Å². The van der Waals surface area contributed by atoms with E-state index >= 15 is 0 Å². The molecule has 3 aromatic carbocycles. The highest BCUT2D eigenvalue weighted by Crippen LogP contribution is 2.48. The zero-order chi connectivity index (χ0) is 27.7. The van der Waals surface area contributed by atoms with Gasteiger partial charge in [-0.25, -0.2) is 0 Å². The Balaban J connectivity index is 1.54. The van der Waals surface area contributed by atoms with Crippen molar-refractivity contribution in [2.75, 3.05) is 36.7 Å². The number of benzene rings is 3. The quantitative estimate of drug-likeness (QED) is 0.347. The number of halogens is 3. The van der Waals surface area contributed by atoms with Crippen LogP contribution in [0.2, 0.25) is 0 Å². The Kier molecular flexibility index (Phi) is 7.12. The minimum atomic E-state index is -5.12. The van der Waals surface area contributed by atoms with Crippen LogP contribution in [0.4, 0.5) is 30.2 Å².